The Morgan fingerprint density at radius 1 is 0.809 bits per heavy atom. The van der Waals surface area contributed by atoms with Crippen molar-refractivity contribution >= 4 is 22.5 Å². The fourth-order valence-electron chi connectivity index (χ4n) is 7.30. The van der Waals surface area contributed by atoms with Crippen LogP contribution in [0.2, 0.25) is 0 Å². The third-order valence-corrected chi connectivity index (χ3v) is 9.67. The van der Waals surface area contributed by atoms with Gasteiger partial charge in [0.15, 0.2) is 0 Å². The smallest absolute Gasteiger partial charge is 0.235 e. The van der Waals surface area contributed by atoms with Crippen LogP contribution in [0.1, 0.15) is 37.0 Å². The number of carbonyl (C=O) groups excluding carboxylic acids is 1. The zero-order valence-electron chi connectivity index (χ0n) is 26.6. The molecule has 0 atom stereocenters. The Morgan fingerprint density at radius 2 is 1.43 bits per heavy atom. The number of benzene rings is 4. The van der Waals surface area contributed by atoms with E-state index < -0.39 is 5.54 Å². The number of nitrogens with one attached hydrogen (secondary N) is 1. The molecule has 0 bridgehead atoms. The first-order valence-corrected chi connectivity index (χ1v) is 16.4. The molecule has 0 aliphatic carbocycles. The Labute approximate surface area is 274 Å². The highest BCUT2D eigenvalue weighted by molar-refractivity contribution is 6.04. The third kappa shape index (κ3) is 4.72. The third-order valence-electron chi connectivity index (χ3n) is 9.67. The number of hydrogen-bond donors (Lipinski definition) is 1. The molecule has 0 radical (unpaired) electrons. The number of pyridine rings is 1. The van der Waals surface area contributed by atoms with Gasteiger partial charge in [0.25, 0.3) is 0 Å². The summed E-state index contributed by atoms with van der Waals surface area (Å²) in [7, 11) is 0. The minimum absolute atomic E-state index is 0.0198. The minimum Gasteiger partial charge on any atom is -0.475 e. The van der Waals surface area contributed by atoms with E-state index >= 15 is 0 Å². The molecule has 0 unspecified atom stereocenters. The van der Waals surface area contributed by atoms with Crippen molar-refractivity contribution in [2.75, 3.05) is 24.5 Å². The highest BCUT2D eigenvalue weighted by Gasteiger charge is 2.51. The van der Waals surface area contributed by atoms with E-state index in [4.69, 9.17) is 9.84 Å². The quantitative estimate of drug-likeness (QED) is 0.185. The maximum atomic E-state index is 13.7. The second-order valence-corrected chi connectivity index (χ2v) is 12.9. The van der Waals surface area contributed by atoms with Crippen molar-refractivity contribution in [3.8, 4) is 17.1 Å². The van der Waals surface area contributed by atoms with Crippen molar-refractivity contribution in [1.29, 1.82) is 0 Å². The van der Waals surface area contributed by atoms with Gasteiger partial charge in [-0.3, -0.25) is 4.79 Å². The maximum absolute atomic E-state index is 13.7. The molecule has 2 saturated heterocycles. The zero-order valence-corrected chi connectivity index (χ0v) is 26.6. The lowest BCUT2D eigenvalue weighted by Gasteiger charge is -2.37. The Bertz CT molecular complexity index is 1940. The SMILES string of the molecule is CC(C)Oc1ccc(-c2nn(C(c3ccccc3)(c3ccccc3)c3ccccc3)c3ccc(N4CCC5(CNC5)C4=O)cc23)cn1. The lowest BCUT2D eigenvalue weighted by Crippen LogP contribution is -2.57. The molecule has 7 nitrogen and oxygen atoms in total. The second kappa shape index (κ2) is 11.5. The number of aromatic nitrogens is 3. The van der Waals surface area contributed by atoms with Gasteiger partial charge in [-0.05, 0) is 61.2 Å². The number of carbonyl (C=O) groups is 1. The first-order valence-electron chi connectivity index (χ1n) is 16.4. The minimum atomic E-state index is -0.805. The van der Waals surface area contributed by atoms with E-state index in [9.17, 15) is 4.79 Å². The second-order valence-electron chi connectivity index (χ2n) is 12.9. The van der Waals surface area contributed by atoms with Crippen molar-refractivity contribution in [2.45, 2.75) is 31.9 Å². The van der Waals surface area contributed by atoms with Gasteiger partial charge in [-0.2, -0.15) is 5.10 Å². The van der Waals surface area contributed by atoms with Gasteiger partial charge in [-0.25, -0.2) is 9.67 Å². The van der Waals surface area contributed by atoms with Crippen LogP contribution >= 0.6 is 0 Å². The molecule has 0 saturated carbocycles. The molecule has 47 heavy (non-hydrogen) atoms. The van der Waals surface area contributed by atoms with Gasteiger partial charge in [-0.15, -0.1) is 0 Å². The average molecular weight is 620 g/mol. The number of nitrogens with zero attached hydrogens (tertiary/aromatic N) is 4. The lowest BCUT2D eigenvalue weighted by atomic mass is 9.77. The summed E-state index contributed by atoms with van der Waals surface area (Å²) in [6.07, 6.45) is 2.72. The molecule has 7 heteroatoms. The topological polar surface area (TPSA) is 72.3 Å². The summed E-state index contributed by atoms with van der Waals surface area (Å²) in [5, 5.41) is 9.78. The van der Waals surface area contributed by atoms with E-state index in [1.807, 2.05) is 55.3 Å². The van der Waals surface area contributed by atoms with Crippen molar-refractivity contribution in [2.24, 2.45) is 5.41 Å². The van der Waals surface area contributed by atoms with Crippen LogP contribution in [0, 0.1) is 5.41 Å². The van der Waals surface area contributed by atoms with Crippen LogP contribution in [0.25, 0.3) is 22.2 Å². The molecular formula is C40H37N5O2. The summed E-state index contributed by atoms with van der Waals surface area (Å²) in [4.78, 5) is 20.3. The lowest BCUT2D eigenvalue weighted by molar-refractivity contribution is -0.127. The molecule has 2 aliphatic rings. The van der Waals surface area contributed by atoms with E-state index in [2.05, 4.69) is 106 Å². The molecule has 4 heterocycles. The van der Waals surface area contributed by atoms with Crippen LogP contribution in [0.3, 0.4) is 0 Å². The van der Waals surface area contributed by atoms with Crippen molar-refractivity contribution in [3.63, 3.8) is 0 Å². The van der Waals surface area contributed by atoms with Crippen LogP contribution in [0.5, 0.6) is 5.88 Å². The summed E-state index contributed by atoms with van der Waals surface area (Å²) in [5.74, 6) is 0.774. The molecule has 234 valence electrons. The van der Waals surface area contributed by atoms with Gasteiger partial charge in [0, 0.05) is 48.5 Å². The number of fused-ring (bicyclic) bond motifs is 1. The number of anilines is 1. The highest BCUT2D eigenvalue weighted by Crippen LogP contribution is 2.45. The summed E-state index contributed by atoms with van der Waals surface area (Å²) in [6, 6.07) is 42.0. The van der Waals surface area contributed by atoms with Crippen molar-refractivity contribution < 1.29 is 9.53 Å². The molecule has 2 aliphatic heterocycles. The largest absolute Gasteiger partial charge is 0.475 e. The van der Waals surface area contributed by atoms with Crippen LogP contribution in [0.4, 0.5) is 5.69 Å². The summed E-state index contributed by atoms with van der Waals surface area (Å²) < 4.78 is 8.04. The van der Waals surface area contributed by atoms with Crippen LogP contribution in [-0.2, 0) is 10.3 Å². The summed E-state index contributed by atoms with van der Waals surface area (Å²) >= 11 is 0. The monoisotopic (exact) mass is 619 g/mol. The molecule has 2 aromatic heterocycles. The highest BCUT2D eigenvalue weighted by atomic mass is 16.5. The van der Waals surface area contributed by atoms with Gasteiger partial charge in [0.2, 0.25) is 11.8 Å². The van der Waals surface area contributed by atoms with Gasteiger partial charge in [0.1, 0.15) is 11.2 Å². The van der Waals surface area contributed by atoms with Crippen molar-refractivity contribution in [1.82, 2.24) is 20.1 Å². The first-order chi connectivity index (χ1) is 23.0. The first kappa shape index (κ1) is 29.2. The van der Waals surface area contributed by atoms with Gasteiger partial charge >= 0.3 is 0 Å². The average Bonchev–Trinajstić information content (AvgIpc) is 3.65. The molecule has 6 aromatic rings. The Hall–Kier alpha value is -5.27. The van der Waals surface area contributed by atoms with Gasteiger partial charge in [0.05, 0.1) is 17.0 Å². The molecule has 1 amide bonds. The van der Waals surface area contributed by atoms with E-state index in [0.29, 0.717) is 12.4 Å². The molecule has 8 rings (SSSR count). The summed E-state index contributed by atoms with van der Waals surface area (Å²) in [5.41, 5.74) is 5.70. The Balaban J connectivity index is 1.41. The molecular weight excluding hydrogens is 582 g/mol. The number of amides is 1. The Kier molecular flexibility index (Phi) is 7.14. The maximum Gasteiger partial charge on any atom is 0.235 e. The van der Waals surface area contributed by atoms with E-state index in [1.165, 1.54) is 0 Å². The summed E-state index contributed by atoms with van der Waals surface area (Å²) in [6.45, 7) is 6.19. The van der Waals surface area contributed by atoms with Crippen LogP contribution in [-0.4, -0.2) is 46.4 Å². The van der Waals surface area contributed by atoms with Gasteiger partial charge in [-0.1, -0.05) is 91.0 Å². The van der Waals surface area contributed by atoms with Crippen molar-refractivity contribution in [3.05, 3.63) is 144 Å². The van der Waals surface area contributed by atoms with E-state index in [0.717, 1.165) is 64.0 Å². The van der Waals surface area contributed by atoms with Gasteiger partial charge < -0.3 is 15.0 Å². The Morgan fingerprint density at radius 3 is 1.91 bits per heavy atom. The zero-order chi connectivity index (χ0) is 32.0. The number of rotatable bonds is 8. The van der Waals surface area contributed by atoms with Crippen LogP contribution < -0.4 is 15.0 Å². The fourth-order valence-corrected chi connectivity index (χ4v) is 7.30. The molecule has 1 spiro atoms. The normalized spacial score (nSPS) is 15.8. The predicted molar refractivity (Wildman–Crippen MR) is 186 cm³/mol. The fraction of sp³-hybridized carbons (Fsp3) is 0.225. The molecule has 2 fully saturated rings. The predicted octanol–water partition coefficient (Wildman–Crippen LogP) is 7.05. The van der Waals surface area contributed by atoms with E-state index in [-0.39, 0.29) is 17.4 Å². The molecule has 1 N–H and O–H groups in total. The molecule has 4 aromatic carbocycles. The van der Waals surface area contributed by atoms with Crippen LogP contribution in [0.15, 0.2) is 128 Å². The number of hydrogen-bond acceptors (Lipinski definition) is 5. The van der Waals surface area contributed by atoms with E-state index in [1.54, 1.807) is 0 Å². The number of ether oxygens (including phenoxy) is 1. The standard InChI is InChI=1S/C40H37N5O2/c1-28(2)47-36-21-18-29(25-42-36)37-34-24-33(44-23-22-39(38(44)46)26-41-27-39)19-20-35(34)45(43-37)40(30-12-6-3-7-13-30,31-14-8-4-9-15-31)32-16-10-5-11-17-32/h3-21,24-25,28,41H,22-23,26-27H2,1-2H3.